The minimum atomic E-state index is -0.207. The molecule has 1 spiro atoms. The van der Waals surface area contributed by atoms with Gasteiger partial charge in [0.1, 0.15) is 17.7 Å². The van der Waals surface area contributed by atoms with Crippen LogP contribution < -0.4 is 4.74 Å². The Labute approximate surface area is 116 Å². The normalized spacial score (nSPS) is 29.9. The van der Waals surface area contributed by atoms with Crippen LogP contribution >= 0.6 is 15.9 Å². The van der Waals surface area contributed by atoms with Crippen LogP contribution in [-0.2, 0) is 0 Å². The van der Waals surface area contributed by atoms with E-state index in [1.54, 1.807) is 12.1 Å². The Hall–Kier alpha value is -0.570. The molecule has 98 valence electrons. The highest BCUT2D eigenvalue weighted by Gasteiger charge is 2.55. The first-order chi connectivity index (χ1) is 8.71. The molecule has 18 heavy (non-hydrogen) atoms. The zero-order chi connectivity index (χ0) is 12.6. The van der Waals surface area contributed by atoms with Gasteiger partial charge in [0, 0.05) is 10.2 Å². The van der Waals surface area contributed by atoms with Crippen molar-refractivity contribution in [3.8, 4) is 5.75 Å². The molecule has 0 aliphatic heterocycles. The molecule has 1 nitrogen and oxygen atoms in total. The molecule has 2 atom stereocenters. The summed E-state index contributed by atoms with van der Waals surface area (Å²) >= 11 is 3.80. The van der Waals surface area contributed by atoms with Gasteiger partial charge in [-0.3, -0.25) is 0 Å². The van der Waals surface area contributed by atoms with Crippen LogP contribution in [0.25, 0.3) is 0 Å². The van der Waals surface area contributed by atoms with Crippen LogP contribution in [0.3, 0.4) is 0 Å². The number of hydrogen-bond donors (Lipinski definition) is 0. The molecule has 2 aliphatic rings. The van der Waals surface area contributed by atoms with Crippen molar-refractivity contribution in [1.29, 1.82) is 0 Å². The summed E-state index contributed by atoms with van der Waals surface area (Å²) in [5.74, 6) is 0.590. The maximum absolute atomic E-state index is 12.9. The van der Waals surface area contributed by atoms with Crippen LogP contribution in [0.5, 0.6) is 5.75 Å². The van der Waals surface area contributed by atoms with Gasteiger partial charge in [0.25, 0.3) is 0 Å². The smallest absolute Gasteiger partial charge is 0.123 e. The summed E-state index contributed by atoms with van der Waals surface area (Å²) in [5, 5.41) is 0. The summed E-state index contributed by atoms with van der Waals surface area (Å²) in [4.78, 5) is 0.593. The predicted octanol–water partition coefficient (Wildman–Crippen LogP) is 4.69. The number of rotatable bonds is 2. The summed E-state index contributed by atoms with van der Waals surface area (Å²) in [7, 11) is 0. The van der Waals surface area contributed by atoms with E-state index >= 15 is 0 Å². The Bertz CT molecular complexity index is 411. The molecule has 3 rings (SSSR count). The third-order valence-electron chi connectivity index (χ3n) is 4.56. The molecule has 0 heterocycles. The fourth-order valence-electron chi connectivity index (χ4n) is 3.39. The van der Waals surface area contributed by atoms with E-state index in [2.05, 4.69) is 15.9 Å². The molecule has 2 unspecified atom stereocenters. The maximum atomic E-state index is 12.9. The summed E-state index contributed by atoms with van der Waals surface area (Å²) in [6.45, 7) is 0. The van der Waals surface area contributed by atoms with Crippen molar-refractivity contribution < 1.29 is 9.13 Å². The standard InChI is InChI=1S/C15H18BrFO/c16-13-10-14(15(13)8-2-1-3-9-15)18-12-6-4-11(17)5-7-12/h4-7,13-14H,1-3,8-10H2. The molecular weight excluding hydrogens is 295 g/mol. The quantitative estimate of drug-likeness (QED) is 0.720. The second kappa shape index (κ2) is 4.84. The van der Waals surface area contributed by atoms with Crippen molar-refractivity contribution in [2.45, 2.75) is 49.5 Å². The lowest BCUT2D eigenvalue weighted by Gasteiger charge is -2.55. The minimum Gasteiger partial charge on any atom is -0.490 e. The number of ether oxygens (including phenoxy) is 1. The largest absolute Gasteiger partial charge is 0.490 e. The van der Waals surface area contributed by atoms with E-state index in [0.717, 1.165) is 12.2 Å². The van der Waals surface area contributed by atoms with Crippen molar-refractivity contribution in [3.63, 3.8) is 0 Å². The van der Waals surface area contributed by atoms with Crippen LogP contribution in [0.2, 0.25) is 0 Å². The Morgan fingerprint density at radius 3 is 2.39 bits per heavy atom. The van der Waals surface area contributed by atoms with Gasteiger partial charge in [0.15, 0.2) is 0 Å². The van der Waals surface area contributed by atoms with E-state index in [0.29, 0.717) is 16.3 Å². The monoisotopic (exact) mass is 312 g/mol. The van der Waals surface area contributed by atoms with E-state index in [-0.39, 0.29) is 5.82 Å². The van der Waals surface area contributed by atoms with E-state index in [1.165, 1.54) is 44.2 Å². The zero-order valence-corrected chi connectivity index (χ0v) is 12.0. The first kappa shape index (κ1) is 12.5. The number of alkyl halides is 1. The van der Waals surface area contributed by atoms with Crippen LogP contribution in [0.4, 0.5) is 4.39 Å². The summed E-state index contributed by atoms with van der Waals surface area (Å²) in [6.07, 6.45) is 7.86. The molecule has 2 aliphatic carbocycles. The molecule has 0 N–H and O–H groups in total. The molecule has 2 fully saturated rings. The van der Waals surface area contributed by atoms with E-state index in [4.69, 9.17) is 4.74 Å². The number of hydrogen-bond acceptors (Lipinski definition) is 1. The van der Waals surface area contributed by atoms with Gasteiger partial charge in [-0.15, -0.1) is 0 Å². The van der Waals surface area contributed by atoms with Crippen molar-refractivity contribution in [2.24, 2.45) is 5.41 Å². The first-order valence-electron chi connectivity index (χ1n) is 6.77. The third-order valence-corrected chi connectivity index (χ3v) is 5.85. The Morgan fingerprint density at radius 2 is 1.78 bits per heavy atom. The first-order valence-corrected chi connectivity index (χ1v) is 7.69. The van der Waals surface area contributed by atoms with Crippen LogP contribution in [0.1, 0.15) is 38.5 Å². The fourth-order valence-corrected chi connectivity index (χ4v) is 4.48. The molecule has 3 heteroatoms. The maximum Gasteiger partial charge on any atom is 0.123 e. The van der Waals surface area contributed by atoms with Crippen molar-refractivity contribution in [3.05, 3.63) is 30.1 Å². The SMILES string of the molecule is Fc1ccc(OC2CC(Br)C23CCCCC3)cc1. The predicted molar refractivity (Wildman–Crippen MR) is 73.7 cm³/mol. The molecule has 0 aromatic heterocycles. The molecule has 1 aromatic rings. The third kappa shape index (κ3) is 2.07. The molecule has 0 amide bonds. The lowest BCUT2D eigenvalue weighted by molar-refractivity contribution is -0.0601. The zero-order valence-electron chi connectivity index (χ0n) is 10.4. The molecule has 0 bridgehead atoms. The Balaban J connectivity index is 1.71. The molecule has 0 saturated heterocycles. The van der Waals surface area contributed by atoms with Gasteiger partial charge in [0.05, 0.1) is 0 Å². The van der Waals surface area contributed by atoms with Gasteiger partial charge < -0.3 is 4.74 Å². The number of halogens is 2. The minimum absolute atomic E-state index is 0.207. The van der Waals surface area contributed by atoms with Crippen LogP contribution in [0, 0.1) is 11.2 Å². The van der Waals surface area contributed by atoms with Gasteiger partial charge in [-0.05, 0) is 43.5 Å². The van der Waals surface area contributed by atoms with Gasteiger partial charge in [0.2, 0.25) is 0 Å². The van der Waals surface area contributed by atoms with Crippen molar-refractivity contribution in [1.82, 2.24) is 0 Å². The topological polar surface area (TPSA) is 9.23 Å². The van der Waals surface area contributed by atoms with E-state index in [9.17, 15) is 4.39 Å². The van der Waals surface area contributed by atoms with Crippen molar-refractivity contribution >= 4 is 15.9 Å². The van der Waals surface area contributed by atoms with Gasteiger partial charge >= 0.3 is 0 Å². The highest BCUT2D eigenvalue weighted by Crippen LogP contribution is 2.56. The Kier molecular flexibility index (Phi) is 3.35. The lowest BCUT2D eigenvalue weighted by atomic mass is 9.58. The molecule has 2 saturated carbocycles. The van der Waals surface area contributed by atoms with Gasteiger partial charge in [-0.25, -0.2) is 4.39 Å². The highest BCUT2D eigenvalue weighted by atomic mass is 79.9. The summed E-state index contributed by atoms with van der Waals surface area (Å²) in [6, 6.07) is 6.39. The molecule has 0 radical (unpaired) electrons. The van der Waals surface area contributed by atoms with Crippen molar-refractivity contribution in [2.75, 3.05) is 0 Å². The second-order valence-electron chi connectivity index (χ2n) is 5.56. The molecular formula is C15H18BrFO. The Morgan fingerprint density at radius 1 is 1.11 bits per heavy atom. The van der Waals surface area contributed by atoms with E-state index < -0.39 is 0 Å². The summed E-state index contributed by atoms with van der Waals surface area (Å²) < 4.78 is 18.9. The van der Waals surface area contributed by atoms with Crippen LogP contribution in [-0.4, -0.2) is 10.9 Å². The second-order valence-corrected chi connectivity index (χ2v) is 6.66. The lowest BCUT2D eigenvalue weighted by Crippen LogP contribution is -2.57. The molecule has 1 aromatic carbocycles. The fraction of sp³-hybridized carbons (Fsp3) is 0.600. The highest BCUT2D eigenvalue weighted by molar-refractivity contribution is 9.09. The van der Waals surface area contributed by atoms with Gasteiger partial charge in [-0.1, -0.05) is 35.2 Å². The average molecular weight is 313 g/mol. The summed E-state index contributed by atoms with van der Waals surface area (Å²) in [5.41, 5.74) is 0.326. The van der Waals surface area contributed by atoms with Crippen LogP contribution in [0.15, 0.2) is 24.3 Å². The average Bonchev–Trinajstić information content (AvgIpc) is 2.42. The van der Waals surface area contributed by atoms with Gasteiger partial charge in [-0.2, -0.15) is 0 Å². The van der Waals surface area contributed by atoms with E-state index in [1.807, 2.05) is 0 Å². The number of benzene rings is 1.